The Kier molecular flexibility index (Phi) is 13.9. The minimum atomic E-state index is -6.24. The number of hydrogen-bond donors (Lipinski definition) is 6. The number of H-pyrrole nitrogens is 2. The van der Waals surface area contributed by atoms with E-state index in [1.165, 1.54) is 12.1 Å². The standard InChI is InChI=1S/C32H18N8O12S4.4Na.4H/c41-53(42,43)21-19-20(22(54(44,45)46)24(56(50,51)52)23(21)55(47,48)49)32-39-30-18-12-6-4-10-16(18)28(37-30)35-26-14-8-2-1-7-13(14)25(33-26)34-27-15-9-3-5-11-17(15)29(36-27)38-31(19)40-32;;;;;;;;/h1-12H,(H,41,42,43)(H,44,45,46)(H,47,48,49)(H,50,51,52)(H2,33,34,35,36,37,38,39,40);;;;;;;;. The molecule has 20 nitrogen and oxygen atoms in total. The molecule has 28 heteroatoms. The zero-order chi connectivity index (χ0) is 39.7. The van der Waals surface area contributed by atoms with Crippen LogP contribution in [0.2, 0.25) is 0 Å². The fourth-order valence-electron chi connectivity index (χ4n) is 6.75. The van der Waals surface area contributed by atoms with Crippen LogP contribution in [-0.2, 0) is 40.5 Å². The zero-order valence-corrected chi connectivity index (χ0v) is 30.6. The summed E-state index contributed by atoms with van der Waals surface area (Å²) in [6, 6.07) is 19.9. The summed E-state index contributed by atoms with van der Waals surface area (Å²) < 4.78 is 146. The van der Waals surface area contributed by atoms with E-state index in [2.05, 4.69) is 29.9 Å². The molecule has 0 saturated carbocycles. The second-order valence-corrected chi connectivity index (χ2v) is 17.6. The molecule has 60 heavy (non-hydrogen) atoms. The van der Waals surface area contributed by atoms with E-state index >= 15 is 0 Å². The number of benzene rings is 4. The van der Waals surface area contributed by atoms with Crippen molar-refractivity contribution >= 4 is 203 Å². The number of aromatic nitrogens is 8. The van der Waals surface area contributed by atoms with Gasteiger partial charge in [0.1, 0.15) is 42.2 Å². The van der Waals surface area contributed by atoms with Gasteiger partial charge in [-0.1, -0.05) is 72.8 Å². The third-order valence-electron chi connectivity index (χ3n) is 8.85. The predicted molar refractivity (Wildman–Crippen MR) is 224 cm³/mol. The molecule has 0 radical (unpaired) electrons. The van der Waals surface area contributed by atoms with E-state index < -0.39 is 82.1 Å². The van der Waals surface area contributed by atoms with Gasteiger partial charge < -0.3 is 9.97 Å². The van der Waals surface area contributed by atoms with Gasteiger partial charge >= 0.3 is 118 Å². The van der Waals surface area contributed by atoms with Crippen LogP contribution >= 0.6 is 0 Å². The SMILES string of the molecule is O=S(=O)(O)c1c(S(=O)(=O)O)c(S(=O)(=O)O)c2c3nc4nc(nc5[nH]c(nc6nc(nc([nH]3)c2c1S(=O)(=O)O)-c1ccccc1-6)c1ccccc51)-c1ccccc1-4.[NaH].[NaH].[NaH].[NaH]. The summed E-state index contributed by atoms with van der Waals surface area (Å²) in [5.41, 5.74) is 0.187. The Bertz CT molecular complexity index is 3400. The van der Waals surface area contributed by atoms with Gasteiger partial charge in [0, 0.05) is 33.0 Å². The second-order valence-electron chi connectivity index (χ2n) is 12.2. The van der Waals surface area contributed by atoms with Crippen molar-refractivity contribution in [1.82, 2.24) is 39.9 Å². The van der Waals surface area contributed by atoms with Crippen molar-refractivity contribution in [1.29, 1.82) is 0 Å². The summed E-state index contributed by atoms with van der Waals surface area (Å²) in [4.78, 5) is 24.5. The topological polar surface area (TPSA) is 326 Å². The molecule has 3 aromatic heterocycles. The van der Waals surface area contributed by atoms with Crippen LogP contribution in [0.15, 0.2) is 92.4 Å². The summed E-state index contributed by atoms with van der Waals surface area (Å²) in [7, 11) is -24.6. The monoisotopic (exact) mass is 930 g/mol. The van der Waals surface area contributed by atoms with Crippen molar-refractivity contribution in [2.24, 2.45) is 0 Å². The van der Waals surface area contributed by atoms with E-state index in [-0.39, 0.29) is 153 Å². The van der Waals surface area contributed by atoms with Gasteiger partial charge in [-0.3, -0.25) is 18.2 Å². The molecule has 0 saturated heterocycles. The molecule has 8 bridgehead atoms. The van der Waals surface area contributed by atoms with E-state index in [0.29, 0.717) is 33.2 Å². The number of nitrogens with one attached hydrogen (secondary N) is 2. The molecule has 0 amide bonds. The first-order valence-corrected chi connectivity index (χ1v) is 21.3. The summed E-state index contributed by atoms with van der Waals surface area (Å²) in [6.07, 6.45) is 0. The Morgan fingerprint density at radius 3 is 0.883 bits per heavy atom. The van der Waals surface area contributed by atoms with Crippen molar-refractivity contribution in [3.8, 4) is 45.6 Å². The van der Waals surface area contributed by atoms with Crippen LogP contribution in [0.25, 0.3) is 89.7 Å². The summed E-state index contributed by atoms with van der Waals surface area (Å²) in [5.74, 6) is -0.428. The maximum absolute atomic E-state index is 13.2. The average Bonchev–Trinajstić information content (AvgIpc) is 3.84. The number of nitrogens with zero attached hydrogens (tertiary/aromatic N) is 6. The van der Waals surface area contributed by atoms with E-state index in [1.807, 2.05) is 0 Å². The summed E-state index contributed by atoms with van der Waals surface area (Å²) in [5, 5.41) is -1.17. The second kappa shape index (κ2) is 17.1. The van der Waals surface area contributed by atoms with E-state index in [1.54, 1.807) is 60.7 Å². The molecular formula is C32H22N8Na4O12S4. The van der Waals surface area contributed by atoms with Crippen molar-refractivity contribution in [2.45, 2.75) is 19.6 Å². The number of fused-ring (bicyclic) bond motifs is 20. The first-order chi connectivity index (χ1) is 26.3. The average molecular weight is 931 g/mol. The van der Waals surface area contributed by atoms with Gasteiger partial charge in [-0.15, -0.1) is 0 Å². The molecule has 0 unspecified atom stereocenters. The molecule has 9 rings (SSSR count). The van der Waals surface area contributed by atoms with Gasteiger partial charge in [0.25, 0.3) is 40.5 Å². The molecule has 4 aromatic carbocycles. The van der Waals surface area contributed by atoms with E-state index in [4.69, 9.17) is 9.97 Å². The fraction of sp³-hybridized carbons (Fsp3) is 0. The molecule has 2 aliphatic rings. The van der Waals surface area contributed by atoms with Gasteiger partial charge in [-0.2, -0.15) is 33.7 Å². The van der Waals surface area contributed by atoms with Gasteiger partial charge in [0.2, 0.25) is 0 Å². The van der Waals surface area contributed by atoms with Crippen LogP contribution in [0, 0.1) is 0 Å². The van der Waals surface area contributed by atoms with Crippen molar-refractivity contribution < 1.29 is 51.9 Å². The van der Waals surface area contributed by atoms with Gasteiger partial charge in [0.05, 0.1) is 10.8 Å². The number of rotatable bonds is 4. The summed E-state index contributed by atoms with van der Waals surface area (Å²) in [6.45, 7) is 0. The zero-order valence-electron chi connectivity index (χ0n) is 27.3. The predicted octanol–water partition coefficient (Wildman–Crippen LogP) is 1.26. The Labute approximate surface area is 426 Å². The van der Waals surface area contributed by atoms with Crippen molar-refractivity contribution in [3.05, 3.63) is 72.8 Å². The van der Waals surface area contributed by atoms with Crippen LogP contribution in [-0.4, -0.2) is 210 Å². The molecule has 0 fully saturated rings. The third-order valence-corrected chi connectivity index (χ3v) is 12.9. The van der Waals surface area contributed by atoms with Crippen LogP contribution < -0.4 is 0 Å². The van der Waals surface area contributed by atoms with Crippen LogP contribution in [0.3, 0.4) is 0 Å². The molecule has 2 aliphatic heterocycles. The Hall–Kier alpha value is -2.12. The molecule has 0 spiro atoms. The third kappa shape index (κ3) is 8.24. The van der Waals surface area contributed by atoms with Gasteiger partial charge in [-0.05, 0) is 0 Å². The molecule has 0 aliphatic carbocycles. The van der Waals surface area contributed by atoms with Crippen LogP contribution in [0.1, 0.15) is 0 Å². The molecule has 6 N–H and O–H groups in total. The number of aromatic amines is 2. The Morgan fingerprint density at radius 2 is 0.600 bits per heavy atom. The molecule has 290 valence electrons. The van der Waals surface area contributed by atoms with Gasteiger partial charge in [0.15, 0.2) is 23.3 Å². The Balaban J connectivity index is 0.00000171. The molecular weight excluding hydrogens is 909 g/mol. The normalized spacial score (nSPS) is 12.3. The Morgan fingerprint density at radius 1 is 0.350 bits per heavy atom. The van der Waals surface area contributed by atoms with Crippen LogP contribution in [0.4, 0.5) is 0 Å². The van der Waals surface area contributed by atoms with E-state index in [9.17, 15) is 51.9 Å². The van der Waals surface area contributed by atoms with Crippen molar-refractivity contribution in [2.75, 3.05) is 0 Å². The first-order valence-electron chi connectivity index (χ1n) is 15.5. The number of hydrogen-bond acceptors (Lipinski definition) is 14. The quantitative estimate of drug-likeness (QED) is 0.107. The van der Waals surface area contributed by atoms with E-state index in [0.717, 1.165) is 0 Å². The summed E-state index contributed by atoms with van der Waals surface area (Å²) >= 11 is 0. The van der Waals surface area contributed by atoms with Crippen LogP contribution in [0.5, 0.6) is 0 Å². The molecule has 7 aromatic rings. The molecule has 5 heterocycles. The molecule has 0 atom stereocenters. The fourth-order valence-corrected chi connectivity index (χ4v) is 11.7. The first kappa shape index (κ1) is 48.9. The maximum atomic E-state index is 13.2. The minimum absolute atomic E-state index is 0. The van der Waals surface area contributed by atoms with Crippen molar-refractivity contribution in [3.63, 3.8) is 0 Å². The van der Waals surface area contributed by atoms with Gasteiger partial charge in [-0.25, -0.2) is 29.9 Å².